The second kappa shape index (κ2) is 8.11. The van der Waals surface area contributed by atoms with E-state index >= 15 is 0 Å². The van der Waals surface area contributed by atoms with Gasteiger partial charge in [0.2, 0.25) is 11.8 Å². The number of rotatable bonds is 4. The van der Waals surface area contributed by atoms with Gasteiger partial charge >= 0.3 is 5.97 Å². The van der Waals surface area contributed by atoms with Crippen LogP contribution in [0.25, 0.3) is 0 Å². The summed E-state index contributed by atoms with van der Waals surface area (Å²) in [5.41, 5.74) is 1.34. The maximum absolute atomic E-state index is 12.6. The van der Waals surface area contributed by atoms with Gasteiger partial charge in [0.05, 0.1) is 40.6 Å². The number of carbonyl (C=O) groups is 3. The van der Waals surface area contributed by atoms with E-state index in [9.17, 15) is 14.4 Å². The number of hydrogen-bond donors (Lipinski definition) is 1. The Kier molecular flexibility index (Phi) is 5.62. The minimum absolute atomic E-state index is 0.000660. The molecule has 0 radical (unpaired) electrons. The number of nitrogens with zero attached hydrogens (tertiary/aromatic N) is 2. The van der Waals surface area contributed by atoms with Crippen LogP contribution < -0.4 is 10.2 Å². The molecule has 2 aromatic rings. The van der Waals surface area contributed by atoms with Crippen LogP contribution in [-0.2, 0) is 14.3 Å². The molecule has 0 aliphatic carbocycles. The van der Waals surface area contributed by atoms with Gasteiger partial charge in [-0.3, -0.25) is 9.59 Å². The molecule has 1 N–H and O–H groups in total. The van der Waals surface area contributed by atoms with Crippen LogP contribution in [-0.4, -0.2) is 31.4 Å². The number of esters is 1. The standard InChI is InChI=1S/C20H16ClN3O4/c1-28-20(27)12-6-7-15(21)17(8-12)24-11-14(9-18(24)25)19(26)23-16-5-3-2-4-13(16)10-22/h2-8,14H,9,11H2,1H3,(H,23,26). The lowest BCUT2D eigenvalue weighted by Gasteiger charge is -2.19. The zero-order valence-corrected chi connectivity index (χ0v) is 15.7. The Morgan fingerprint density at radius 1 is 1.29 bits per heavy atom. The first-order valence-corrected chi connectivity index (χ1v) is 8.80. The quantitative estimate of drug-likeness (QED) is 0.799. The molecule has 0 spiro atoms. The van der Waals surface area contributed by atoms with E-state index in [1.54, 1.807) is 24.3 Å². The fourth-order valence-electron chi connectivity index (χ4n) is 3.00. The Morgan fingerprint density at radius 3 is 2.75 bits per heavy atom. The van der Waals surface area contributed by atoms with E-state index in [0.29, 0.717) is 16.9 Å². The number of anilines is 2. The van der Waals surface area contributed by atoms with Crippen molar-refractivity contribution in [3.05, 3.63) is 58.6 Å². The van der Waals surface area contributed by atoms with E-state index in [4.69, 9.17) is 21.6 Å². The van der Waals surface area contributed by atoms with Crippen molar-refractivity contribution < 1.29 is 19.1 Å². The molecule has 1 aliphatic heterocycles. The summed E-state index contributed by atoms with van der Waals surface area (Å²) >= 11 is 6.20. The van der Waals surface area contributed by atoms with E-state index < -0.39 is 11.9 Å². The van der Waals surface area contributed by atoms with Gasteiger partial charge < -0.3 is 15.0 Å². The number of benzene rings is 2. The van der Waals surface area contributed by atoms with Gasteiger partial charge in [0.1, 0.15) is 6.07 Å². The van der Waals surface area contributed by atoms with Crippen molar-refractivity contribution in [1.82, 2.24) is 0 Å². The predicted octanol–water partition coefficient (Wildman–Crippen LogP) is 2.99. The number of amides is 2. The molecular weight excluding hydrogens is 382 g/mol. The van der Waals surface area contributed by atoms with Crippen LogP contribution >= 0.6 is 11.6 Å². The average molecular weight is 398 g/mol. The van der Waals surface area contributed by atoms with Crippen LogP contribution in [0.2, 0.25) is 5.02 Å². The summed E-state index contributed by atoms with van der Waals surface area (Å²) in [5, 5.41) is 12.1. The number of hydrogen-bond acceptors (Lipinski definition) is 5. The first kappa shape index (κ1) is 19.4. The molecule has 1 heterocycles. The van der Waals surface area contributed by atoms with Gasteiger partial charge in [-0.25, -0.2) is 4.79 Å². The molecule has 7 nitrogen and oxygen atoms in total. The monoisotopic (exact) mass is 397 g/mol. The predicted molar refractivity (Wildman–Crippen MR) is 103 cm³/mol. The summed E-state index contributed by atoms with van der Waals surface area (Å²) in [6.07, 6.45) is -0.000660. The molecule has 8 heteroatoms. The Morgan fingerprint density at radius 2 is 2.04 bits per heavy atom. The normalized spacial score (nSPS) is 15.8. The van der Waals surface area contributed by atoms with E-state index in [1.165, 1.54) is 30.2 Å². The van der Waals surface area contributed by atoms with E-state index in [1.807, 2.05) is 6.07 Å². The molecule has 0 bridgehead atoms. The fraction of sp³-hybridized carbons (Fsp3) is 0.200. The van der Waals surface area contributed by atoms with Gasteiger partial charge in [-0.2, -0.15) is 5.26 Å². The number of para-hydroxylation sites is 1. The van der Waals surface area contributed by atoms with E-state index in [2.05, 4.69) is 5.32 Å². The molecule has 3 rings (SSSR count). The first-order chi connectivity index (χ1) is 13.4. The lowest BCUT2D eigenvalue weighted by molar-refractivity contribution is -0.122. The van der Waals surface area contributed by atoms with Crippen LogP contribution in [0.3, 0.4) is 0 Å². The molecule has 1 aliphatic rings. The van der Waals surface area contributed by atoms with Crippen LogP contribution in [0.1, 0.15) is 22.3 Å². The number of nitriles is 1. The van der Waals surface area contributed by atoms with Crippen molar-refractivity contribution >= 4 is 40.8 Å². The molecule has 1 atom stereocenters. The van der Waals surface area contributed by atoms with E-state index in [-0.39, 0.29) is 35.4 Å². The third-order valence-corrected chi connectivity index (χ3v) is 4.78. The minimum Gasteiger partial charge on any atom is -0.465 e. The second-order valence-electron chi connectivity index (χ2n) is 6.21. The zero-order valence-electron chi connectivity index (χ0n) is 14.9. The van der Waals surface area contributed by atoms with Gasteiger partial charge in [-0.15, -0.1) is 0 Å². The van der Waals surface area contributed by atoms with Crippen LogP contribution in [0.15, 0.2) is 42.5 Å². The van der Waals surface area contributed by atoms with Crippen LogP contribution in [0.4, 0.5) is 11.4 Å². The Balaban J connectivity index is 1.79. The van der Waals surface area contributed by atoms with Gasteiger partial charge in [0.25, 0.3) is 0 Å². The smallest absolute Gasteiger partial charge is 0.337 e. The molecule has 28 heavy (non-hydrogen) atoms. The number of methoxy groups -OCH3 is 1. The average Bonchev–Trinajstić information content (AvgIpc) is 3.09. The maximum Gasteiger partial charge on any atom is 0.337 e. The number of carbonyl (C=O) groups excluding carboxylic acids is 3. The van der Waals surface area contributed by atoms with Crippen molar-refractivity contribution in [3.8, 4) is 6.07 Å². The lowest BCUT2D eigenvalue weighted by atomic mass is 10.1. The van der Waals surface area contributed by atoms with Gasteiger partial charge in [0.15, 0.2) is 0 Å². The number of nitrogens with one attached hydrogen (secondary N) is 1. The summed E-state index contributed by atoms with van der Waals surface area (Å²) in [6.45, 7) is 0.115. The molecule has 2 aromatic carbocycles. The van der Waals surface area contributed by atoms with Crippen LogP contribution in [0.5, 0.6) is 0 Å². The Labute approximate surface area is 166 Å². The highest BCUT2D eigenvalue weighted by atomic mass is 35.5. The summed E-state index contributed by atoms with van der Waals surface area (Å²) in [4.78, 5) is 38.2. The van der Waals surface area contributed by atoms with Gasteiger partial charge in [-0.1, -0.05) is 23.7 Å². The second-order valence-corrected chi connectivity index (χ2v) is 6.62. The molecule has 2 amide bonds. The molecule has 0 aromatic heterocycles. The summed E-state index contributed by atoms with van der Waals surface area (Å²) in [7, 11) is 1.26. The van der Waals surface area contributed by atoms with Crippen molar-refractivity contribution in [2.45, 2.75) is 6.42 Å². The lowest BCUT2D eigenvalue weighted by Crippen LogP contribution is -2.28. The maximum atomic E-state index is 12.6. The van der Waals surface area contributed by atoms with Crippen LogP contribution in [0, 0.1) is 17.2 Å². The topological polar surface area (TPSA) is 99.5 Å². The minimum atomic E-state index is -0.614. The summed E-state index contributed by atoms with van der Waals surface area (Å²) < 4.78 is 4.69. The fourth-order valence-corrected chi connectivity index (χ4v) is 3.22. The molecule has 1 unspecified atom stereocenters. The summed E-state index contributed by atoms with van der Waals surface area (Å²) in [6, 6.07) is 13.1. The third-order valence-electron chi connectivity index (χ3n) is 4.46. The highest BCUT2D eigenvalue weighted by molar-refractivity contribution is 6.34. The molecule has 142 valence electrons. The number of halogens is 1. The summed E-state index contributed by atoms with van der Waals surface area (Å²) in [5.74, 6) is -1.81. The van der Waals surface area contributed by atoms with Crippen molar-refractivity contribution in [1.29, 1.82) is 5.26 Å². The Bertz CT molecular complexity index is 999. The first-order valence-electron chi connectivity index (χ1n) is 8.42. The third kappa shape index (κ3) is 3.82. The van der Waals surface area contributed by atoms with Crippen molar-refractivity contribution in [2.75, 3.05) is 23.9 Å². The van der Waals surface area contributed by atoms with Gasteiger partial charge in [-0.05, 0) is 30.3 Å². The molecule has 0 saturated carbocycles. The highest BCUT2D eigenvalue weighted by Crippen LogP contribution is 2.33. The largest absolute Gasteiger partial charge is 0.465 e. The Hall–Kier alpha value is -3.37. The van der Waals surface area contributed by atoms with Crippen molar-refractivity contribution in [3.63, 3.8) is 0 Å². The van der Waals surface area contributed by atoms with E-state index in [0.717, 1.165) is 0 Å². The number of ether oxygens (including phenoxy) is 1. The molecular formula is C20H16ClN3O4. The highest BCUT2D eigenvalue weighted by Gasteiger charge is 2.36. The SMILES string of the molecule is COC(=O)c1ccc(Cl)c(N2CC(C(=O)Nc3ccccc3C#N)CC2=O)c1. The molecule has 1 saturated heterocycles. The zero-order chi connectivity index (χ0) is 20.3. The molecule has 1 fully saturated rings. The van der Waals surface area contributed by atoms with Gasteiger partial charge in [0, 0.05) is 13.0 Å². The van der Waals surface area contributed by atoms with Crippen molar-refractivity contribution in [2.24, 2.45) is 5.92 Å².